The van der Waals surface area contributed by atoms with Gasteiger partial charge in [0, 0.05) is 39.4 Å². The van der Waals surface area contributed by atoms with Gasteiger partial charge in [-0.3, -0.25) is 9.48 Å². The molecule has 0 saturated carbocycles. The van der Waals surface area contributed by atoms with Gasteiger partial charge in [0.2, 0.25) is 0 Å². The molecule has 2 saturated heterocycles. The maximum Gasteiger partial charge on any atom is 0.282 e. The fourth-order valence-electron chi connectivity index (χ4n) is 2.88. The highest BCUT2D eigenvalue weighted by molar-refractivity contribution is 7.86. The van der Waals surface area contributed by atoms with Gasteiger partial charge in [-0.05, 0) is 6.42 Å². The van der Waals surface area contributed by atoms with Crippen molar-refractivity contribution in [1.29, 1.82) is 0 Å². The van der Waals surface area contributed by atoms with E-state index in [9.17, 15) is 13.2 Å². The molecule has 9 nitrogen and oxygen atoms in total. The molecule has 0 spiro atoms. The Morgan fingerprint density at radius 2 is 2.04 bits per heavy atom. The van der Waals surface area contributed by atoms with Crippen molar-refractivity contribution in [2.24, 2.45) is 0 Å². The molecule has 1 aromatic rings. The predicted octanol–water partition coefficient (Wildman–Crippen LogP) is -0.933. The number of amides is 1. The largest absolute Gasteiger partial charge is 0.379 e. The van der Waals surface area contributed by atoms with E-state index in [4.69, 9.17) is 4.74 Å². The molecule has 128 valence electrons. The Labute approximate surface area is 135 Å². The normalized spacial score (nSPS) is 24.0. The first-order valence-corrected chi connectivity index (χ1v) is 9.01. The van der Waals surface area contributed by atoms with Crippen molar-refractivity contribution in [3.63, 3.8) is 0 Å². The van der Waals surface area contributed by atoms with Crippen molar-refractivity contribution in [2.75, 3.05) is 46.4 Å². The lowest BCUT2D eigenvalue weighted by Gasteiger charge is -2.30. The molecule has 1 aromatic heterocycles. The lowest BCUT2D eigenvalue weighted by Crippen LogP contribution is -2.47. The second-order valence-electron chi connectivity index (χ2n) is 5.61. The third kappa shape index (κ3) is 3.25. The third-order valence-electron chi connectivity index (χ3n) is 4.21. The Hall–Kier alpha value is -1.49. The maximum atomic E-state index is 12.6. The predicted molar refractivity (Wildman–Crippen MR) is 82.2 cm³/mol. The Balaban J connectivity index is 1.68. The van der Waals surface area contributed by atoms with E-state index in [1.54, 1.807) is 17.9 Å². The maximum absolute atomic E-state index is 12.6. The van der Waals surface area contributed by atoms with E-state index < -0.39 is 10.2 Å². The smallest absolute Gasteiger partial charge is 0.282 e. The van der Waals surface area contributed by atoms with Crippen molar-refractivity contribution in [2.45, 2.75) is 12.5 Å². The van der Waals surface area contributed by atoms with Crippen LogP contribution in [0, 0.1) is 0 Å². The molecule has 0 radical (unpaired) electrons. The van der Waals surface area contributed by atoms with Crippen LogP contribution in [0.2, 0.25) is 0 Å². The lowest BCUT2D eigenvalue weighted by molar-refractivity contribution is 0.0705. The zero-order valence-corrected chi connectivity index (χ0v) is 13.8. The van der Waals surface area contributed by atoms with E-state index in [1.807, 2.05) is 0 Å². The van der Waals surface area contributed by atoms with Gasteiger partial charge in [0.15, 0.2) is 0 Å². The number of hydrogen-bond donors (Lipinski definition) is 1. The Kier molecular flexibility index (Phi) is 4.67. The van der Waals surface area contributed by atoms with Crippen molar-refractivity contribution < 1.29 is 17.9 Å². The summed E-state index contributed by atoms with van der Waals surface area (Å²) in [6.45, 7) is 2.49. The first-order valence-electron chi connectivity index (χ1n) is 7.61. The summed E-state index contributed by atoms with van der Waals surface area (Å²) >= 11 is 0. The van der Waals surface area contributed by atoms with Gasteiger partial charge in [0.25, 0.3) is 16.1 Å². The molecule has 1 atom stereocenters. The summed E-state index contributed by atoms with van der Waals surface area (Å²) in [6.07, 6.45) is 3.84. The van der Waals surface area contributed by atoms with Gasteiger partial charge in [-0.2, -0.15) is 22.1 Å². The number of carbonyl (C=O) groups excluding carboxylic acids is 1. The average molecular weight is 343 g/mol. The number of rotatable bonds is 4. The summed E-state index contributed by atoms with van der Waals surface area (Å²) in [4.78, 5) is 11.6. The summed E-state index contributed by atoms with van der Waals surface area (Å²) in [5.41, 5.74) is 0.474. The van der Waals surface area contributed by atoms with Crippen LogP contribution in [0.25, 0.3) is 0 Å². The molecular formula is C13H21N5O4S. The van der Waals surface area contributed by atoms with E-state index in [1.165, 1.54) is 14.8 Å². The first-order chi connectivity index (χ1) is 11.0. The standard InChI is InChI=1S/C13H21N5O4S/c1-14-13(19)11-8-15-18(9-11)12-2-3-17(10-12)23(20,21)16-4-6-22-7-5-16/h8-9,12H,2-7,10H2,1H3,(H,14,19). The zero-order valence-electron chi connectivity index (χ0n) is 13.0. The molecule has 0 bridgehead atoms. The number of morpholine rings is 1. The highest BCUT2D eigenvalue weighted by atomic mass is 32.2. The van der Waals surface area contributed by atoms with Crippen LogP contribution >= 0.6 is 0 Å². The zero-order chi connectivity index (χ0) is 16.4. The second-order valence-corrected chi connectivity index (χ2v) is 7.54. The van der Waals surface area contributed by atoms with Crippen LogP contribution in [-0.4, -0.2) is 79.2 Å². The van der Waals surface area contributed by atoms with E-state index in [2.05, 4.69) is 10.4 Å². The fourth-order valence-corrected chi connectivity index (χ4v) is 4.51. The van der Waals surface area contributed by atoms with Gasteiger partial charge in [0.1, 0.15) is 0 Å². The number of ether oxygens (including phenoxy) is 1. The van der Waals surface area contributed by atoms with E-state index >= 15 is 0 Å². The van der Waals surface area contributed by atoms with E-state index in [0.717, 1.165) is 0 Å². The highest BCUT2D eigenvalue weighted by Crippen LogP contribution is 2.25. The van der Waals surface area contributed by atoms with E-state index in [-0.39, 0.29) is 11.9 Å². The minimum Gasteiger partial charge on any atom is -0.379 e. The molecule has 10 heteroatoms. The fraction of sp³-hybridized carbons (Fsp3) is 0.692. The molecule has 3 rings (SSSR count). The van der Waals surface area contributed by atoms with Crippen molar-refractivity contribution in [1.82, 2.24) is 23.7 Å². The molecule has 0 aromatic carbocycles. The van der Waals surface area contributed by atoms with Gasteiger partial charge >= 0.3 is 0 Å². The molecule has 1 N–H and O–H groups in total. The number of carbonyl (C=O) groups is 1. The molecule has 2 aliphatic rings. The third-order valence-corrected chi connectivity index (χ3v) is 6.22. The Morgan fingerprint density at radius 3 is 2.74 bits per heavy atom. The molecule has 0 aliphatic carbocycles. The highest BCUT2D eigenvalue weighted by Gasteiger charge is 2.37. The number of nitrogens with zero attached hydrogens (tertiary/aromatic N) is 4. The average Bonchev–Trinajstić information content (AvgIpc) is 3.24. The molecule has 2 fully saturated rings. The summed E-state index contributed by atoms with van der Waals surface area (Å²) in [7, 11) is -1.89. The monoisotopic (exact) mass is 343 g/mol. The summed E-state index contributed by atoms with van der Waals surface area (Å²) in [5, 5.41) is 6.74. The van der Waals surface area contributed by atoms with Crippen LogP contribution in [0.5, 0.6) is 0 Å². The number of hydrogen-bond acceptors (Lipinski definition) is 5. The van der Waals surface area contributed by atoms with Crippen molar-refractivity contribution >= 4 is 16.1 Å². The number of aromatic nitrogens is 2. The minimum atomic E-state index is -3.45. The summed E-state index contributed by atoms with van der Waals surface area (Å²) in [6, 6.07) is -0.0516. The van der Waals surface area contributed by atoms with Crippen molar-refractivity contribution in [3.05, 3.63) is 18.0 Å². The summed E-state index contributed by atoms with van der Waals surface area (Å²) < 4.78 is 35.1. The van der Waals surface area contributed by atoms with E-state index in [0.29, 0.717) is 51.4 Å². The molecule has 1 amide bonds. The van der Waals surface area contributed by atoms with Crippen molar-refractivity contribution in [3.8, 4) is 0 Å². The van der Waals surface area contributed by atoms with Crippen LogP contribution in [0.4, 0.5) is 0 Å². The SMILES string of the molecule is CNC(=O)c1cnn(C2CCN(S(=O)(=O)N3CCOCC3)C2)c1. The van der Waals surface area contributed by atoms with Gasteiger partial charge in [0.05, 0.1) is 31.0 Å². The van der Waals surface area contributed by atoms with Gasteiger partial charge in [-0.1, -0.05) is 0 Å². The van der Waals surface area contributed by atoms with Crippen LogP contribution in [0.1, 0.15) is 22.8 Å². The lowest BCUT2D eigenvalue weighted by atomic mass is 10.2. The van der Waals surface area contributed by atoms with Crippen LogP contribution < -0.4 is 5.32 Å². The molecule has 2 aliphatic heterocycles. The van der Waals surface area contributed by atoms with Gasteiger partial charge < -0.3 is 10.1 Å². The minimum absolute atomic E-state index is 0.0516. The Bertz CT molecular complexity index is 668. The summed E-state index contributed by atoms with van der Waals surface area (Å²) in [5.74, 6) is -0.202. The number of nitrogens with one attached hydrogen (secondary N) is 1. The first kappa shape index (κ1) is 16.4. The topological polar surface area (TPSA) is 96.8 Å². The second kappa shape index (κ2) is 6.56. The Morgan fingerprint density at radius 1 is 1.30 bits per heavy atom. The molecule has 3 heterocycles. The van der Waals surface area contributed by atoms with Gasteiger partial charge in [-0.25, -0.2) is 0 Å². The molecule has 23 heavy (non-hydrogen) atoms. The molecule has 1 unspecified atom stereocenters. The van der Waals surface area contributed by atoms with Crippen LogP contribution in [-0.2, 0) is 14.9 Å². The quantitative estimate of drug-likeness (QED) is 0.762. The van der Waals surface area contributed by atoms with Gasteiger partial charge in [-0.15, -0.1) is 0 Å². The van der Waals surface area contributed by atoms with Crippen LogP contribution in [0.3, 0.4) is 0 Å². The molecular weight excluding hydrogens is 322 g/mol. The van der Waals surface area contributed by atoms with Crippen LogP contribution in [0.15, 0.2) is 12.4 Å².